The van der Waals surface area contributed by atoms with Crippen molar-refractivity contribution in [3.05, 3.63) is 27.7 Å². The highest BCUT2D eigenvalue weighted by atomic mass is 35.5. The van der Waals surface area contributed by atoms with E-state index in [1.54, 1.807) is 6.07 Å². The van der Waals surface area contributed by atoms with Crippen molar-refractivity contribution in [3.8, 4) is 5.75 Å². The predicted octanol–water partition coefficient (Wildman–Crippen LogP) is 2.22. The first-order chi connectivity index (χ1) is 9.65. The first kappa shape index (κ1) is 14.4. The Bertz CT molecular complexity index is 486. The molecule has 2 aliphatic rings. The molecule has 110 valence electrons. The van der Waals surface area contributed by atoms with Crippen LogP contribution in [-0.2, 0) is 11.3 Å². The van der Waals surface area contributed by atoms with Gasteiger partial charge in [0, 0.05) is 49.4 Å². The number of likely N-dealkylation sites (tertiary alicyclic amines) is 1. The van der Waals surface area contributed by atoms with E-state index in [9.17, 15) is 5.11 Å². The maximum absolute atomic E-state index is 9.65. The van der Waals surface area contributed by atoms with Gasteiger partial charge in [0.1, 0.15) is 5.75 Å². The van der Waals surface area contributed by atoms with Crippen LogP contribution >= 0.6 is 23.2 Å². The molecule has 0 aliphatic carbocycles. The summed E-state index contributed by atoms with van der Waals surface area (Å²) in [5, 5.41) is 10.6. The van der Waals surface area contributed by atoms with Gasteiger partial charge in [-0.05, 0) is 12.1 Å². The van der Waals surface area contributed by atoms with Crippen LogP contribution in [0.15, 0.2) is 12.1 Å². The lowest BCUT2D eigenvalue weighted by Gasteiger charge is -2.46. The van der Waals surface area contributed by atoms with Gasteiger partial charge in [-0.1, -0.05) is 23.2 Å². The Morgan fingerprint density at radius 3 is 2.60 bits per heavy atom. The molecule has 2 saturated heterocycles. The molecule has 4 nitrogen and oxygen atoms in total. The van der Waals surface area contributed by atoms with Crippen molar-refractivity contribution in [2.45, 2.75) is 12.6 Å². The number of halogens is 2. The zero-order chi connectivity index (χ0) is 14.1. The van der Waals surface area contributed by atoms with E-state index in [2.05, 4.69) is 9.80 Å². The third kappa shape index (κ3) is 2.90. The van der Waals surface area contributed by atoms with Crippen molar-refractivity contribution in [1.29, 1.82) is 0 Å². The molecule has 6 heteroatoms. The van der Waals surface area contributed by atoms with Crippen molar-refractivity contribution in [1.82, 2.24) is 9.80 Å². The van der Waals surface area contributed by atoms with Crippen LogP contribution in [0, 0.1) is 0 Å². The molecule has 1 aromatic rings. The lowest BCUT2D eigenvalue weighted by atomic mass is 10.0. The summed E-state index contributed by atoms with van der Waals surface area (Å²) in [6.07, 6.45) is 0. The maximum atomic E-state index is 9.65. The largest absolute Gasteiger partial charge is 0.506 e. The van der Waals surface area contributed by atoms with Crippen LogP contribution in [0.5, 0.6) is 5.75 Å². The third-order valence-corrected chi connectivity index (χ3v) is 4.82. The Morgan fingerprint density at radius 2 is 1.90 bits per heavy atom. The number of morpholine rings is 1. The molecule has 2 fully saturated rings. The van der Waals surface area contributed by atoms with Gasteiger partial charge in [0.15, 0.2) is 0 Å². The van der Waals surface area contributed by atoms with Gasteiger partial charge in [-0.2, -0.15) is 0 Å². The smallest absolute Gasteiger partial charge is 0.134 e. The number of rotatable bonds is 3. The molecule has 0 bridgehead atoms. The van der Waals surface area contributed by atoms with Gasteiger partial charge in [0.05, 0.1) is 18.2 Å². The first-order valence-electron chi connectivity index (χ1n) is 6.85. The standard InChI is InChI=1S/C14H18Cl2N2O2/c15-12-1-2-13(19)14(16)11(12)9-17-7-10(8-17)18-3-5-20-6-4-18/h1-2,10,19H,3-9H2. The van der Waals surface area contributed by atoms with Gasteiger partial charge < -0.3 is 9.84 Å². The van der Waals surface area contributed by atoms with Gasteiger partial charge in [0.25, 0.3) is 0 Å². The molecule has 1 aromatic carbocycles. The highest BCUT2D eigenvalue weighted by Crippen LogP contribution is 2.34. The summed E-state index contributed by atoms with van der Waals surface area (Å²) in [5.74, 6) is 0.0938. The Labute approximate surface area is 128 Å². The number of aromatic hydroxyl groups is 1. The molecule has 0 radical (unpaired) electrons. The second-order valence-corrected chi connectivity index (χ2v) is 6.14. The zero-order valence-electron chi connectivity index (χ0n) is 11.2. The van der Waals surface area contributed by atoms with Crippen molar-refractivity contribution < 1.29 is 9.84 Å². The normalized spacial score (nSPS) is 21.9. The summed E-state index contributed by atoms with van der Waals surface area (Å²) < 4.78 is 5.37. The number of benzene rings is 1. The average Bonchev–Trinajstić information content (AvgIpc) is 2.42. The lowest BCUT2D eigenvalue weighted by molar-refractivity contribution is -0.0344. The van der Waals surface area contributed by atoms with Crippen molar-refractivity contribution in [3.63, 3.8) is 0 Å². The topological polar surface area (TPSA) is 35.9 Å². The molecule has 1 N–H and O–H groups in total. The molecule has 0 saturated carbocycles. The molecular weight excluding hydrogens is 299 g/mol. The molecule has 2 aliphatic heterocycles. The van der Waals surface area contributed by atoms with E-state index in [0.717, 1.165) is 45.0 Å². The van der Waals surface area contributed by atoms with E-state index < -0.39 is 0 Å². The van der Waals surface area contributed by atoms with Crippen LogP contribution in [0.4, 0.5) is 0 Å². The summed E-state index contributed by atoms with van der Waals surface area (Å²) in [4.78, 5) is 4.78. The van der Waals surface area contributed by atoms with Crippen LogP contribution in [0.3, 0.4) is 0 Å². The summed E-state index contributed by atoms with van der Waals surface area (Å²) in [7, 11) is 0. The Morgan fingerprint density at radius 1 is 1.20 bits per heavy atom. The number of hydrogen-bond acceptors (Lipinski definition) is 4. The van der Waals surface area contributed by atoms with Crippen LogP contribution in [0.2, 0.25) is 10.0 Å². The van der Waals surface area contributed by atoms with Gasteiger partial charge in [-0.25, -0.2) is 0 Å². The Balaban J connectivity index is 1.57. The summed E-state index contributed by atoms with van der Waals surface area (Å²) in [5.41, 5.74) is 0.814. The molecule has 0 atom stereocenters. The van der Waals surface area contributed by atoms with Crippen molar-refractivity contribution in [2.24, 2.45) is 0 Å². The number of nitrogens with zero attached hydrogens (tertiary/aromatic N) is 2. The average molecular weight is 317 g/mol. The van der Waals surface area contributed by atoms with Crippen LogP contribution in [0.25, 0.3) is 0 Å². The Hall–Kier alpha value is -0.520. The Kier molecular flexibility index (Phi) is 4.38. The molecule has 0 unspecified atom stereocenters. The monoisotopic (exact) mass is 316 g/mol. The minimum Gasteiger partial charge on any atom is -0.506 e. The third-order valence-electron chi connectivity index (χ3n) is 4.05. The van der Waals surface area contributed by atoms with E-state index in [4.69, 9.17) is 27.9 Å². The molecule has 20 heavy (non-hydrogen) atoms. The SMILES string of the molecule is Oc1ccc(Cl)c(CN2CC(N3CCOCC3)C2)c1Cl. The zero-order valence-corrected chi connectivity index (χ0v) is 12.7. The molecule has 0 spiro atoms. The van der Waals surface area contributed by atoms with Gasteiger partial charge in [-0.3, -0.25) is 9.80 Å². The lowest BCUT2D eigenvalue weighted by Crippen LogP contribution is -2.60. The van der Waals surface area contributed by atoms with Crippen LogP contribution < -0.4 is 0 Å². The number of phenols is 1. The van der Waals surface area contributed by atoms with E-state index in [1.807, 2.05) is 0 Å². The van der Waals surface area contributed by atoms with Crippen LogP contribution in [-0.4, -0.2) is 60.3 Å². The molecule has 0 amide bonds. The predicted molar refractivity (Wildman–Crippen MR) is 79.6 cm³/mol. The maximum Gasteiger partial charge on any atom is 0.134 e. The minimum absolute atomic E-state index is 0.0938. The fraction of sp³-hybridized carbons (Fsp3) is 0.571. The van der Waals surface area contributed by atoms with E-state index in [0.29, 0.717) is 22.6 Å². The van der Waals surface area contributed by atoms with Gasteiger partial charge >= 0.3 is 0 Å². The van der Waals surface area contributed by atoms with Crippen molar-refractivity contribution in [2.75, 3.05) is 39.4 Å². The quantitative estimate of drug-likeness (QED) is 0.927. The van der Waals surface area contributed by atoms with Crippen molar-refractivity contribution >= 4 is 23.2 Å². The second kappa shape index (κ2) is 6.08. The van der Waals surface area contributed by atoms with Gasteiger partial charge in [-0.15, -0.1) is 0 Å². The van der Waals surface area contributed by atoms with E-state index in [-0.39, 0.29) is 5.75 Å². The number of phenolic OH excluding ortho intramolecular Hbond substituents is 1. The fourth-order valence-electron chi connectivity index (χ4n) is 2.80. The van der Waals surface area contributed by atoms with Crippen LogP contribution in [0.1, 0.15) is 5.56 Å². The van der Waals surface area contributed by atoms with Gasteiger partial charge in [0.2, 0.25) is 0 Å². The fourth-order valence-corrected chi connectivity index (χ4v) is 3.29. The van der Waals surface area contributed by atoms with E-state index in [1.165, 1.54) is 6.07 Å². The molecule has 2 heterocycles. The van der Waals surface area contributed by atoms with E-state index >= 15 is 0 Å². The highest BCUT2D eigenvalue weighted by Gasteiger charge is 2.33. The first-order valence-corrected chi connectivity index (χ1v) is 7.60. The molecular formula is C14H18Cl2N2O2. The second-order valence-electron chi connectivity index (χ2n) is 5.36. The minimum atomic E-state index is 0.0938. The number of hydrogen-bond donors (Lipinski definition) is 1. The summed E-state index contributed by atoms with van der Waals surface area (Å²) in [6, 6.07) is 3.83. The molecule has 0 aromatic heterocycles. The summed E-state index contributed by atoms with van der Waals surface area (Å²) in [6.45, 7) is 6.43. The number of ether oxygens (including phenoxy) is 1. The molecule has 3 rings (SSSR count). The highest BCUT2D eigenvalue weighted by molar-refractivity contribution is 6.36. The summed E-state index contributed by atoms with van der Waals surface area (Å²) >= 11 is 12.3.